The molecule has 0 bridgehead atoms. The van der Waals surface area contributed by atoms with E-state index in [1.54, 1.807) is 4.90 Å². The van der Waals surface area contributed by atoms with Gasteiger partial charge >= 0.3 is 6.01 Å². The van der Waals surface area contributed by atoms with Gasteiger partial charge in [0.2, 0.25) is 17.8 Å². The first-order valence-corrected chi connectivity index (χ1v) is 6.64. The van der Waals surface area contributed by atoms with Crippen LogP contribution in [-0.2, 0) is 4.79 Å². The minimum absolute atomic E-state index is 0.0705. The number of carbonyl (C=O) groups is 1. The SMILES string of the molecule is CCOc1nc(N)nc(N(CC)CC(=O)NC(C)C)n1. The Hall–Kier alpha value is -2.12. The molecule has 112 valence electrons. The molecule has 0 aliphatic heterocycles. The van der Waals surface area contributed by atoms with Crippen LogP contribution in [-0.4, -0.2) is 46.6 Å². The molecule has 1 amide bonds. The van der Waals surface area contributed by atoms with E-state index in [1.807, 2.05) is 27.7 Å². The molecule has 0 aromatic carbocycles. The van der Waals surface area contributed by atoms with Crippen LogP contribution in [0, 0.1) is 0 Å². The summed E-state index contributed by atoms with van der Waals surface area (Å²) in [6, 6.07) is 0.251. The Kier molecular flexibility index (Phi) is 5.95. The molecule has 1 aromatic rings. The quantitative estimate of drug-likeness (QED) is 0.736. The van der Waals surface area contributed by atoms with Gasteiger partial charge in [-0.2, -0.15) is 15.0 Å². The van der Waals surface area contributed by atoms with Gasteiger partial charge in [-0.05, 0) is 27.7 Å². The summed E-state index contributed by atoms with van der Waals surface area (Å²) < 4.78 is 5.22. The first kappa shape index (κ1) is 15.9. The van der Waals surface area contributed by atoms with Crippen molar-refractivity contribution in [2.75, 3.05) is 30.3 Å². The molecule has 1 rings (SSSR count). The molecular weight excluding hydrogens is 260 g/mol. The van der Waals surface area contributed by atoms with Crippen molar-refractivity contribution in [3.63, 3.8) is 0 Å². The highest BCUT2D eigenvalue weighted by atomic mass is 16.5. The van der Waals surface area contributed by atoms with Crippen LogP contribution in [0.15, 0.2) is 0 Å². The zero-order valence-corrected chi connectivity index (χ0v) is 12.4. The summed E-state index contributed by atoms with van der Waals surface area (Å²) in [5.41, 5.74) is 5.62. The molecule has 0 aliphatic carbocycles. The second-order valence-electron chi connectivity index (χ2n) is 4.45. The molecule has 1 aromatic heterocycles. The summed E-state index contributed by atoms with van der Waals surface area (Å²) in [5.74, 6) is 0.308. The molecule has 8 heteroatoms. The number of nitrogens with zero attached hydrogens (tertiary/aromatic N) is 4. The van der Waals surface area contributed by atoms with Gasteiger partial charge in [-0.1, -0.05) is 0 Å². The Labute approximate surface area is 118 Å². The summed E-state index contributed by atoms with van der Waals surface area (Å²) in [6.07, 6.45) is 0. The van der Waals surface area contributed by atoms with Gasteiger partial charge in [0.1, 0.15) is 0 Å². The smallest absolute Gasteiger partial charge is 0.323 e. The zero-order chi connectivity index (χ0) is 15.1. The highest BCUT2D eigenvalue weighted by Crippen LogP contribution is 2.13. The average Bonchev–Trinajstić information content (AvgIpc) is 2.34. The first-order chi connectivity index (χ1) is 9.46. The third kappa shape index (κ3) is 4.87. The molecule has 8 nitrogen and oxygen atoms in total. The lowest BCUT2D eigenvalue weighted by atomic mass is 10.4. The maximum atomic E-state index is 11.8. The highest BCUT2D eigenvalue weighted by Gasteiger charge is 2.15. The molecule has 0 saturated carbocycles. The van der Waals surface area contributed by atoms with E-state index in [9.17, 15) is 4.79 Å². The van der Waals surface area contributed by atoms with Gasteiger partial charge in [0.15, 0.2) is 0 Å². The first-order valence-electron chi connectivity index (χ1n) is 6.64. The van der Waals surface area contributed by atoms with Crippen LogP contribution in [0.3, 0.4) is 0 Å². The Morgan fingerprint density at radius 3 is 2.60 bits per heavy atom. The van der Waals surface area contributed by atoms with E-state index in [4.69, 9.17) is 10.5 Å². The maximum Gasteiger partial charge on any atom is 0.323 e. The average molecular weight is 282 g/mol. The standard InChI is InChI=1S/C12H22N6O2/c1-5-18(7-9(19)14-8(3)4)11-15-10(13)16-12(17-11)20-6-2/h8H,5-7H2,1-4H3,(H,14,19)(H2,13,15,16,17). The fraction of sp³-hybridized carbons (Fsp3) is 0.667. The van der Waals surface area contributed by atoms with Crippen LogP contribution in [0.25, 0.3) is 0 Å². The van der Waals surface area contributed by atoms with E-state index in [0.29, 0.717) is 19.1 Å². The number of carbonyl (C=O) groups excluding carboxylic acids is 1. The van der Waals surface area contributed by atoms with Gasteiger partial charge in [-0.15, -0.1) is 0 Å². The predicted octanol–water partition coefficient (Wildman–Crippen LogP) is 0.203. The zero-order valence-electron chi connectivity index (χ0n) is 12.4. The molecule has 0 fully saturated rings. The van der Waals surface area contributed by atoms with Crippen LogP contribution in [0.1, 0.15) is 27.7 Å². The van der Waals surface area contributed by atoms with Crippen LogP contribution < -0.4 is 20.7 Å². The number of likely N-dealkylation sites (N-methyl/N-ethyl adjacent to an activating group) is 1. The molecule has 20 heavy (non-hydrogen) atoms. The monoisotopic (exact) mass is 282 g/mol. The molecule has 3 N–H and O–H groups in total. The fourth-order valence-corrected chi connectivity index (χ4v) is 1.56. The Morgan fingerprint density at radius 1 is 1.35 bits per heavy atom. The number of rotatable bonds is 7. The molecule has 0 radical (unpaired) electrons. The Morgan fingerprint density at radius 2 is 2.05 bits per heavy atom. The summed E-state index contributed by atoms with van der Waals surface area (Å²) in [6.45, 7) is 8.70. The fourth-order valence-electron chi connectivity index (χ4n) is 1.56. The summed E-state index contributed by atoms with van der Waals surface area (Å²) in [7, 11) is 0. The van der Waals surface area contributed by atoms with Crippen LogP contribution in [0.2, 0.25) is 0 Å². The molecule has 0 atom stereocenters. The number of nitrogens with one attached hydrogen (secondary N) is 1. The largest absolute Gasteiger partial charge is 0.464 e. The van der Waals surface area contributed by atoms with E-state index in [2.05, 4.69) is 20.3 Å². The second-order valence-corrected chi connectivity index (χ2v) is 4.45. The number of nitrogen functional groups attached to an aromatic ring is 1. The molecule has 1 heterocycles. The van der Waals surface area contributed by atoms with Crippen molar-refractivity contribution < 1.29 is 9.53 Å². The van der Waals surface area contributed by atoms with Crippen LogP contribution >= 0.6 is 0 Å². The van der Waals surface area contributed by atoms with Gasteiger partial charge in [-0.3, -0.25) is 4.79 Å². The Bertz CT molecular complexity index is 452. The van der Waals surface area contributed by atoms with Crippen molar-refractivity contribution in [1.29, 1.82) is 0 Å². The third-order valence-corrected chi connectivity index (χ3v) is 2.34. The van der Waals surface area contributed by atoms with Gasteiger partial charge in [0, 0.05) is 12.6 Å². The van der Waals surface area contributed by atoms with Gasteiger partial charge in [-0.25, -0.2) is 0 Å². The number of ether oxygens (including phenoxy) is 1. The van der Waals surface area contributed by atoms with Crippen LogP contribution in [0.5, 0.6) is 6.01 Å². The Balaban J connectivity index is 2.85. The number of nitrogens with two attached hydrogens (primary N) is 1. The van der Waals surface area contributed by atoms with E-state index < -0.39 is 0 Å². The maximum absolute atomic E-state index is 11.8. The van der Waals surface area contributed by atoms with Gasteiger partial charge in [0.25, 0.3) is 0 Å². The van der Waals surface area contributed by atoms with E-state index >= 15 is 0 Å². The van der Waals surface area contributed by atoms with Crippen molar-refractivity contribution in [3.05, 3.63) is 0 Å². The lowest BCUT2D eigenvalue weighted by Crippen LogP contribution is -2.40. The van der Waals surface area contributed by atoms with E-state index in [-0.39, 0.29) is 30.5 Å². The van der Waals surface area contributed by atoms with E-state index in [1.165, 1.54) is 0 Å². The number of amides is 1. The number of hydrogen-bond acceptors (Lipinski definition) is 7. The minimum atomic E-state index is -0.0983. The number of anilines is 2. The second kappa shape index (κ2) is 7.46. The van der Waals surface area contributed by atoms with Crippen molar-refractivity contribution in [2.45, 2.75) is 33.7 Å². The van der Waals surface area contributed by atoms with Gasteiger partial charge in [0.05, 0.1) is 13.2 Å². The minimum Gasteiger partial charge on any atom is -0.464 e. The normalized spacial score (nSPS) is 10.4. The summed E-state index contributed by atoms with van der Waals surface area (Å²) in [4.78, 5) is 25.6. The van der Waals surface area contributed by atoms with Crippen LogP contribution in [0.4, 0.5) is 11.9 Å². The van der Waals surface area contributed by atoms with Crippen molar-refractivity contribution >= 4 is 17.8 Å². The highest BCUT2D eigenvalue weighted by molar-refractivity contribution is 5.81. The lowest BCUT2D eigenvalue weighted by Gasteiger charge is -2.21. The van der Waals surface area contributed by atoms with Crippen molar-refractivity contribution in [1.82, 2.24) is 20.3 Å². The van der Waals surface area contributed by atoms with Gasteiger partial charge < -0.3 is 20.7 Å². The molecular formula is C12H22N6O2. The predicted molar refractivity (Wildman–Crippen MR) is 76.6 cm³/mol. The summed E-state index contributed by atoms with van der Waals surface area (Å²) >= 11 is 0. The lowest BCUT2D eigenvalue weighted by molar-refractivity contribution is -0.120. The summed E-state index contributed by atoms with van der Waals surface area (Å²) in [5, 5.41) is 2.82. The molecule has 0 aliphatic rings. The molecule has 0 unspecified atom stereocenters. The molecule has 0 saturated heterocycles. The molecule has 0 spiro atoms. The van der Waals surface area contributed by atoms with Crippen molar-refractivity contribution in [3.8, 4) is 6.01 Å². The van der Waals surface area contributed by atoms with E-state index in [0.717, 1.165) is 0 Å². The number of aromatic nitrogens is 3. The number of hydrogen-bond donors (Lipinski definition) is 2. The topological polar surface area (TPSA) is 106 Å². The third-order valence-electron chi connectivity index (χ3n) is 2.34. The van der Waals surface area contributed by atoms with Crippen molar-refractivity contribution in [2.24, 2.45) is 0 Å².